The maximum atomic E-state index is 10.6. The molecule has 0 radical (unpaired) electrons. The van der Waals surface area contributed by atoms with Crippen molar-refractivity contribution in [3.63, 3.8) is 0 Å². The fourth-order valence-corrected chi connectivity index (χ4v) is 1.18. The van der Waals surface area contributed by atoms with Gasteiger partial charge in [-0.1, -0.05) is 0 Å². The van der Waals surface area contributed by atoms with E-state index in [2.05, 4.69) is 5.32 Å². The molecule has 70 valence electrons. The molecule has 5 nitrogen and oxygen atoms in total. The molecule has 1 unspecified atom stereocenters. The average Bonchev–Trinajstić information content (AvgIpc) is 2.03. The molecule has 0 bridgehead atoms. The van der Waals surface area contributed by atoms with Crippen LogP contribution in [0.3, 0.4) is 0 Å². The summed E-state index contributed by atoms with van der Waals surface area (Å²) in [7, 11) is 1.53. The molecule has 2 N–H and O–H groups in total. The maximum absolute atomic E-state index is 10.6. The van der Waals surface area contributed by atoms with Gasteiger partial charge < -0.3 is 14.6 Å². The molecule has 1 fully saturated rings. The lowest BCUT2D eigenvalue weighted by Gasteiger charge is -2.32. The van der Waals surface area contributed by atoms with Crippen LogP contribution < -0.4 is 5.32 Å². The van der Waals surface area contributed by atoms with Crippen molar-refractivity contribution in [2.24, 2.45) is 0 Å². The second kappa shape index (κ2) is 3.84. The zero-order valence-corrected chi connectivity index (χ0v) is 7.11. The molecule has 0 aromatic carbocycles. The van der Waals surface area contributed by atoms with Crippen molar-refractivity contribution in [3.8, 4) is 0 Å². The van der Waals surface area contributed by atoms with Gasteiger partial charge in [0.25, 0.3) is 0 Å². The van der Waals surface area contributed by atoms with E-state index in [4.69, 9.17) is 14.6 Å². The Morgan fingerprint density at radius 2 is 2.42 bits per heavy atom. The number of methoxy groups -OCH3 is 1. The summed E-state index contributed by atoms with van der Waals surface area (Å²) in [6.45, 7) is 2.12. The van der Waals surface area contributed by atoms with E-state index in [1.54, 1.807) is 6.92 Å². The zero-order chi connectivity index (χ0) is 9.14. The highest BCUT2D eigenvalue weighted by Gasteiger charge is 2.32. The Morgan fingerprint density at radius 3 is 2.83 bits per heavy atom. The average molecular weight is 175 g/mol. The van der Waals surface area contributed by atoms with Crippen LogP contribution >= 0.6 is 0 Å². The van der Waals surface area contributed by atoms with Gasteiger partial charge in [-0.3, -0.25) is 10.1 Å². The maximum Gasteiger partial charge on any atom is 0.323 e. The number of nitrogens with one attached hydrogen (secondary N) is 1. The summed E-state index contributed by atoms with van der Waals surface area (Å²) in [5, 5.41) is 11.5. The molecule has 1 rings (SSSR count). The molecule has 1 aliphatic rings. The van der Waals surface area contributed by atoms with E-state index in [0.29, 0.717) is 6.54 Å². The van der Waals surface area contributed by atoms with Crippen molar-refractivity contribution in [1.29, 1.82) is 0 Å². The number of morpholine rings is 1. The minimum absolute atomic E-state index is 0.337. The van der Waals surface area contributed by atoms with Crippen LogP contribution in [0.2, 0.25) is 0 Å². The monoisotopic (exact) mass is 175 g/mol. The highest BCUT2D eigenvalue weighted by atomic mass is 16.7. The Kier molecular flexibility index (Phi) is 3.02. The molecule has 1 aliphatic heterocycles. The molecule has 0 saturated carbocycles. The highest BCUT2D eigenvalue weighted by molar-refractivity contribution is 5.74. The Bertz CT molecular complexity index is 173. The van der Waals surface area contributed by atoms with Crippen LogP contribution in [0, 0.1) is 0 Å². The lowest BCUT2D eigenvalue weighted by atomic mass is 10.1. The van der Waals surface area contributed by atoms with E-state index in [1.807, 2.05) is 0 Å². The summed E-state index contributed by atoms with van der Waals surface area (Å²) in [4.78, 5) is 10.6. The summed E-state index contributed by atoms with van der Waals surface area (Å²) in [5.74, 6) is -0.892. The second-order valence-corrected chi connectivity index (χ2v) is 2.73. The number of carbonyl (C=O) groups is 1. The largest absolute Gasteiger partial charge is 0.480 e. The number of hydrogen-bond donors (Lipinski definition) is 2. The van der Waals surface area contributed by atoms with Gasteiger partial charge in [-0.2, -0.15) is 0 Å². The van der Waals surface area contributed by atoms with E-state index in [-0.39, 0.29) is 12.4 Å². The van der Waals surface area contributed by atoms with E-state index < -0.39 is 12.0 Å². The molecular formula is C7H13NO4. The summed E-state index contributed by atoms with van der Waals surface area (Å²) in [6.07, 6.45) is -0.697. The first-order chi connectivity index (χ1) is 5.65. The molecular weight excluding hydrogens is 162 g/mol. The van der Waals surface area contributed by atoms with Crippen molar-refractivity contribution >= 4 is 5.97 Å². The Hall–Kier alpha value is -0.650. The number of aliphatic carboxylic acids is 1. The van der Waals surface area contributed by atoms with Crippen molar-refractivity contribution in [2.75, 3.05) is 13.7 Å². The molecule has 3 atom stereocenters. The van der Waals surface area contributed by atoms with E-state index >= 15 is 0 Å². The van der Waals surface area contributed by atoms with Crippen molar-refractivity contribution in [2.45, 2.75) is 25.4 Å². The molecule has 0 aromatic heterocycles. The fraction of sp³-hybridized carbons (Fsp3) is 0.857. The van der Waals surface area contributed by atoms with Crippen LogP contribution in [0.5, 0.6) is 0 Å². The summed E-state index contributed by atoms with van der Waals surface area (Å²) in [5.41, 5.74) is 0. The molecule has 0 amide bonds. The number of carboxylic acid groups (broad SMARTS) is 1. The summed E-state index contributed by atoms with van der Waals surface area (Å²) in [6, 6.07) is -0.628. The van der Waals surface area contributed by atoms with Gasteiger partial charge in [-0.15, -0.1) is 0 Å². The predicted molar refractivity (Wildman–Crippen MR) is 40.8 cm³/mol. The van der Waals surface area contributed by atoms with Crippen molar-refractivity contribution in [1.82, 2.24) is 5.32 Å². The van der Waals surface area contributed by atoms with Gasteiger partial charge in [-0.05, 0) is 6.92 Å². The Balaban J connectivity index is 2.47. The smallest absolute Gasteiger partial charge is 0.323 e. The van der Waals surface area contributed by atoms with Gasteiger partial charge in [0.15, 0.2) is 6.29 Å². The third-order valence-corrected chi connectivity index (χ3v) is 1.87. The van der Waals surface area contributed by atoms with Gasteiger partial charge in [0, 0.05) is 13.7 Å². The topological polar surface area (TPSA) is 67.8 Å². The molecule has 5 heteroatoms. The minimum Gasteiger partial charge on any atom is -0.480 e. The highest BCUT2D eigenvalue weighted by Crippen LogP contribution is 2.09. The van der Waals surface area contributed by atoms with E-state index in [1.165, 1.54) is 7.11 Å². The second-order valence-electron chi connectivity index (χ2n) is 2.73. The van der Waals surface area contributed by atoms with Crippen LogP contribution in [0.1, 0.15) is 6.92 Å². The Morgan fingerprint density at radius 1 is 1.75 bits per heavy atom. The van der Waals surface area contributed by atoms with E-state index in [0.717, 1.165) is 0 Å². The van der Waals surface area contributed by atoms with Gasteiger partial charge in [0.2, 0.25) is 0 Å². The fourth-order valence-electron chi connectivity index (χ4n) is 1.18. The normalized spacial score (nSPS) is 36.3. The third kappa shape index (κ3) is 1.94. The lowest BCUT2D eigenvalue weighted by Crippen LogP contribution is -2.55. The number of rotatable bonds is 2. The predicted octanol–water partition coefficient (Wildman–Crippen LogP) is -0.580. The van der Waals surface area contributed by atoms with Crippen LogP contribution in [0.4, 0.5) is 0 Å². The number of hydrogen-bond acceptors (Lipinski definition) is 4. The van der Waals surface area contributed by atoms with Gasteiger partial charge >= 0.3 is 5.97 Å². The number of carboxylic acids is 1. The van der Waals surface area contributed by atoms with E-state index in [9.17, 15) is 4.79 Å². The zero-order valence-electron chi connectivity index (χ0n) is 7.11. The SMILES string of the molecule is COC1CN[C@H](C(=O)O)[C@@H](C)O1. The summed E-state index contributed by atoms with van der Waals surface area (Å²) >= 11 is 0. The first-order valence-corrected chi connectivity index (χ1v) is 3.79. The van der Waals surface area contributed by atoms with Crippen LogP contribution in [0.15, 0.2) is 0 Å². The molecule has 0 aliphatic carbocycles. The first-order valence-electron chi connectivity index (χ1n) is 3.79. The number of ether oxygens (including phenoxy) is 2. The first kappa shape index (κ1) is 9.44. The van der Waals surface area contributed by atoms with Gasteiger partial charge in [0.1, 0.15) is 6.04 Å². The third-order valence-electron chi connectivity index (χ3n) is 1.87. The van der Waals surface area contributed by atoms with Crippen LogP contribution in [-0.2, 0) is 14.3 Å². The standard InChI is InChI=1S/C7H13NO4/c1-4-6(7(9)10)8-3-5(11-2)12-4/h4-6,8H,3H2,1-2H3,(H,9,10)/t4-,5?,6+/m1/s1. The van der Waals surface area contributed by atoms with Gasteiger partial charge in [-0.25, -0.2) is 0 Å². The molecule has 0 aromatic rings. The van der Waals surface area contributed by atoms with Crippen molar-refractivity contribution < 1.29 is 19.4 Å². The molecule has 12 heavy (non-hydrogen) atoms. The minimum atomic E-state index is -0.892. The Labute approximate surface area is 70.7 Å². The van der Waals surface area contributed by atoms with Crippen LogP contribution in [0.25, 0.3) is 0 Å². The molecule has 1 heterocycles. The summed E-state index contributed by atoms with van der Waals surface area (Å²) < 4.78 is 10.2. The van der Waals surface area contributed by atoms with Crippen LogP contribution in [-0.4, -0.2) is 43.2 Å². The van der Waals surface area contributed by atoms with Crippen molar-refractivity contribution in [3.05, 3.63) is 0 Å². The molecule has 1 saturated heterocycles. The van der Waals surface area contributed by atoms with Gasteiger partial charge in [0.05, 0.1) is 6.10 Å². The molecule has 0 spiro atoms. The lowest BCUT2D eigenvalue weighted by molar-refractivity contribution is -0.186. The quantitative estimate of drug-likeness (QED) is 0.587.